The first kappa shape index (κ1) is 43.1. The molecular formula is C35H41N13O10S. The number of likely N-dealkylation sites (tertiary alicyclic amines) is 1. The average Bonchev–Trinajstić information content (AvgIpc) is 3.88. The first-order valence-electron chi connectivity index (χ1n) is 18.5. The number of nitrogens with two attached hydrogens (primary N) is 1. The van der Waals surface area contributed by atoms with Gasteiger partial charge in [-0.25, -0.2) is 4.98 Å². The van der Waals surface area contributed by atoms with Crippen molar-refractivity contribution in [1.82, 2.24) is 20.2 Å². The fourth-order valence-corrected chi connectivity index (χ4v) is 7.27. The van der Waals surface area contributed by atoms with Crippen molar-refractivity contribution >= 4 is 69.1 Å². The maximum Gasteiger partial charge on any atom is 0.331 e. The van der Waals surface area contributed by atoms with Crippen molar-refractivity contribution in [2.75, 3.05) is 28.8 Å². The molecular weight excluding hydrogens is 795 g/mol. The van der Waals surface area contributed by atoms with Gasteiger partial charge in [-0.1, -0.05) is 19.3 Å². The lowest BCUT2D eigenvalue weighted by Crippen LogP contribution is -2.48. The Morgan fingerprint density at radius 3 is 1.54 bits per heavy atom. The van der Waals surface area contributed by atoms with Gasteiger partial charge in [-0.2, -0.15) is 20.2 Å². The zero-order valence-corrected chi connectivity index (χ0v) is 32.7. The Morgan fingerprint density at radius 2 is 1.19 bits per heavy atom. The highest BCUT2D eigenvalue weighted by molar-refractivity contribution is 7.80. The lowest BCUT2D eigenvalue weighted by Gasteiger charge is -2.35. The molecule has 4 N–H and O–H groups in total. The Bertz CT molecular complexity index is 2040. The highest BCUT2D eigenvalue weighted by atomic mass is 32.1. The van der Waals surface area contributed by atoms with E-state index in [1.807, 2.05) is 0 Å². The Morgan fingerprint density at radius 1 is 0.746 bits per heavy atom. The predicted molar refractivity (Wildman–Crippen MR) is 218 cm³/mol. The number of hydrogen-bond donors (Lipinski definition) is 3. The van der Waals surface area contributed by atoms with Crippen molar-refractivity contribution < 1.29 is 29.3 Å². The molecule has 4 aliphatic rings. The molecule has 2 atom stereocenters. The minimum Gasteiger partial charge on any atom is -0.382 e. The van der Waals surface area contributed by atoms with Gasteiger partial charge in [0.05, 0.1) is 33.2 Å². The summed E-state index contributed by atoms with van der Waals surface area (Å²) in [6.07, 6.45) is 10.4. The number of nitrogen functional groups attached to an aromatic ring is 1. The van der Waals surface area contributed by atoms with Crippen LogP contribution in [0.3, 0.4) is 0 Å². The summed E-state index contributed by atoms with van der Waals surface area (Å²) in [4.78, 5) is 73.1. The van der Waals surface area contributed by atoms with Crippen molar-refractivity contribution in [2.24, 2.45) is 10.2 Å². The molecule has 2 aromatic carbocycles. The van der Waals surface area contributed by atoms with Gasteiger partial charge >= 0.3 is 23.9 Å². The molecule has 0 bridgehead atoms. The number of nitrogens with zero attached hydrogens (tertiary/aromatic N) is 10. The van der Waals surface area contributed by atoms with Crippen LogP contribution >= 0.6 is 12.2 Å². The summed E-state index contributed by atoms with van der Waals surface area (Å²) in [7, 11) is 0. The van der Waals surface area contributed by atoms with Crippen LogP contribution in [0, 0.1) is 40.5 Å². The van der Waals surface area contributed by atoms with Crippen LogP contribution in [0.1, 0.15) is 70.4 Å². The average molecular weight is 836 g/mol. The fraction of sp³-hybridized carbons (Fsp3) is 0.429. The van der Waals surface area contributed by atoms with Crippen LogP contribution in [0.5, 0.6) is 0 Å². The molecule has 1 aliphatic carbocycles. The van der Waals surface area contributed by atoms with Crippen LogP contribution in [0.15, 0.2) is 65.1 Å². The third-order valence-electron chi connectivity index (χ3n) is 10.0. The van der Waals surface area contributed by atoms with E-state index >= 15 is 0 Å². The van der Waals surface area contributed by atoms with E-state index in [2.05, 4.69) is 30.4 Å². The van der Waals surface area contributed by atoms with Crippen LogP contribution in [-0.2, 0) is 9.59 Å². The number of nitro benzene ring substituents is 2. The molecule has 0 radical (unpaired) electrons. The van der Waals surface area contributed by atoms with E-state index in [9.17, 15) is 50.0 Å². The van der Waals surface area contributed by atoms with E-state index in [0.717, 1.165) is 46.8 Å². The first-order valence-corrected chi connectivity index (χ1v) is 18.9. The summed E-state index contributed by atoms with van der Waals surface area (Å²) < 4.78 is 0. The largest absolute Gasteiger partial charge is 0.382 e. The Labute approximate surface area is 340 Å². The monoisotopic (exact) mass is 835 g/mol. The maximum atomic E-state index is 11.8. The number of imidazole rings is 1. The smallest absolute Gasteiger partial charge is 0.331 e. The van der Waals surface area contributed by atoms with E-state index in [-0.39, 0.29) is 34.2 Å². The second kappa shape index (κ2) is 19.0. The molecule has 3 aliphatic heterocycles. The Hall–Kier alpha value is -6.98. The number of non-ortho nitro benzene ring substituents is 2. The number of aromatic nitrogens is 2. The molecule has 2 fully saturated rings. The number of carbonyl (C=O) groups is 2. The van der Waals surface area contributed by atoms with Crippen LogP contribution in [0.25, 0.3) is 0 Å². The quantitative estimate of drug-likeness (QED) is 0.162. The van der Waals surface area contributed by atoms with E-state index in [4.69, 9.17) is 18.0 Å². The number of hydrazone groups is 2. The summed E-state index contributed by atoms with van der Waals surface area (Å²) >= 11 is 5.59. The van der Waals surface area contributed by atoms with E-state index in [1.165, 1.54) is 94.5 Å². The van der Waals surface area contributed by atoms with E-state index in [1.54, 1.807) is 6.33 Å². The Balaban J connectivity index is 0.000000169. The molecule has 2 amide bonds. The highest BCUT2D eigenvalue weighted by Gasteiger charge is 2.44. The molecule has 2 unspecified atom stereocenters. The Kier molecular flexibility index (Phi) is 13.9. The van der Waals surface area contributed by atoms with Crippen molar-refractivity contribution in [3.8, 4) is 0 Å². The number of nitro groups is 4. The number of amides is 2. The fourth-order valence-electron chi connectivity index (χ4n) is 6.92. The number of hydrogen-bond acceptors (Lipinski definition) is 15. The molecule has 1 saturated carbocycles. The molecule has 24 heteroatoms. The van der Waals surface area contributed by atoms with Crippen molar-refractivity contribution in [3.63, 3.8) is 0 Å². The van der Waals surface area contributed by atoms with Gasteiger partial charge in [-0.05, 0) is 76.0 Å². The van der Waals surface area contributed by atoms with E-state index < -0.39 is 43.6 Å². The summed E-state index contributed by atoms with van der Waals surface area (Å²) in [5, 5.41) is 56.3. The third kappa shape index (κ3) is 10.3. The van der Waals surface area contributed by atoms with Gasteiger partial charge in [0.25, 0.3) is 11.4 Å². The van der Waals surface area contributed by atoms with Gasteiger partial charge in [0.15, 0.2) is 5.11 Å². The molecule has 1 aromatic heterocycles. The molecule has 4 heterocycles. The molecule has 0 spiro atoms. The predicted octanol–water partition coefficient (Wildman–Crippen LogP) is 4.30. The molecule has 23 nitrogen and oxygen atoms in total. The second-order valence-electron chi connectivity index (χ2n) is 14.0. The zero-order chi connectivity index (χ0) is 43.0. The maximum absolute atomic E-state index is 11.8. The zero-order valence-electron chi connectivity index (χ0n) is 31.9. The minimum atomic E-state index is -1.49. The van der Waals surface area contributed by atoms with Crippen LogP contribution in [0.4, 0.5) is 28.6 Å². The molecule has 59 heavy (non-hydrogen) atoms. The van der Waals surface area contributed by atoms with Crippen LogP contribution in [-0.4, -0.2) is 94.1 Å². The molecule has 312 valence electrons. The minimum absolute atomic E-state index is 0.0772. The normalized spacial score (nSPS) is 19.5. The van der Waals surface area contributed by atoms with Gasteiger partial charge in [-0.3, -0.25) is 50.0 Å². The number of H-pyrrole nitrogens is 1. The highest BCUT2D eigenvalue weighted by Crippen LogP contribution is 2.30. The number of piperidine rings is 1. The number of benzene rings is 2. The second-order valence-corrected chi connectivity index (χ2v) is 14.3. The van der Waals surface area contributed by atoms with Gasteiger partial charge < -0.3 is 20.9 Å². The third-order valence-corrected chi connectivity index (χ3v) is 10.4. The summed E-state index contributed by atoms with van der Waals surface area (Å²) in [5.74, 6) is -0.426. The number of nitrogens with one attached hydrogen (secondary N) is 2. The van der Waals surface area contributed by atoms with E-state index in [0.29, 0.717) is 17.8 Å². The molecule has 7 rings (SSSR count). The number of thiocarbonyl (C=S) groups is 1. The van der Waals surface area contributed by atoms with Crippen molar-refractivity contribution in [1.29, 1.82) is 0 Å². The molecule has 3 aromatic rings. The summed E-state index contributed by atoms with van der Waals surface area (Å²) in [6, 6.07) is 7.67. The van der Waals surface area contributed by atoms with Gasteiger partial charge in [0.1, 0.15) is 17.2 Å². The topological polar surface area (TPSA) is 308 Å². The number of rotatable bonds is 8. The van der Waals surface area contributed by atoms with Gasteiger partial charge in [-0.15, -0.1) is 0 Å². The van der Waals surface area contributed by atoms with Gasteiger partial charge in [0, 0.05) is 59.2 Å². The number of anilines is 3. The lowest BCUT2D eigenvalue weighted by atomic mass is 9.93. The summed E-state index contributed by atoms with van der Waals surface area (Å²) in [6.45, 7) is 4.77. The SMILES string of the molecule is CC1=NN(c2ccc([N+](=O)[O-])cc2)C(=O)C1[N+](=O)[O-].CC1=NN(c2ccc([N+](=O)[O-])cc2)C(=O)C1[N+](=O)[O-].Nc1nc[nH]c1C1CCN(C(=S)NC2CCCCC2)CC1. The first-order chi connectivity index (χ1) is 28.1. The van der Waals surface area contributed by atoms with Crippen molar-refractivity contribution in [3.05, 3.63) is 101 Å². The molecule has 1 saturated heterocycles. The lowest BCUT2D eigenvalue weighted by molar-refractivity contribution is -0.488. The van der Waals surface area contributed by atoms with Gasteiger partial charge in [0.2, 0.25) is 0 Å². The standard InChI is InChI=1S/C15H25N5S.2C10H8N4O5/c16-14-13(17-10-18-14)11-6-8-20(9-7-11)15(21)19-12-4-2-1-3-5-12;2*1-6-9(14(18)19)10(15)12(11-6)7-2-4-8(5-3-7)13(16)17/h10-12H,1-9,16H2,(H,17,18)(H,19,21);2*2-5,9H,1H3. The summed E-state index contributed by atoms with van der Waals surface area (Å²) in [5.41, 5.74) is 7.37. The van der Waals surface area contributed by atoms with Crippen molar-refractivity contribution in [2.45, 2.75) is 82.8 Å². The van der Waals surface area contributed by atoms with Crippen LogP contribution in [0.2, 0.25) is 0 Å². The van der Waals surface area contributed by atoms with Crippen LogP contribution < -0.4 is 21.1 Å². The number of aromatic amines is 1. The number of carbonyl (C=O) groups excluding carboxylic acids is 2.